The second-order valence-corrected chi connectivity index (χ2v) is 9.62. The third-order valence-corrected chi connectivity index (χ3v) is 7.86. The summed E-state index contributed by atoms with van der Waals surface area (Å²) in [6.45, 7) is 0. The van der Waals surface area contributed by atoms with Crippen molar-refractivity contribution in [2.24, 2.45) is 23.7 Å². The minimum Gasteiger partial charge on any atom is -0.321 e. The summed E-state index contributed by atoms with van der Waals surface area (Å²) in [5.41, 5.74) is 4.09. The van der Waals surface area contributed by atoms with Gasteiger partial charge in [0.25, 0.3) is 5.91 Å². The van der Waals surface area contributed by atoms with Gasteiger partial charge in [0.2, 0.25) is 11.8 Å². The Labute approximate surface area is 201 Å². The molecule has 6 nitrogen and oxygen atoms in total. The third-order valence-electron chi connectivity index (χ3n) is 7.86. The number of carbonyl (C=O) groups is 4. The Kier molecular flexibility index (Phi) is 4.07. The summed E-state index contributed by atoms with van der Waals surface area (Å²) in [5.74, 6) is -0.992. The highest BCUT2D eigenvalue weighted by Gasteiger charge is 2.59. The summed E-state index contributed by atoms with van der Waals surface area (Å²) in [7, 11) is 0. The fourth-order valence-corrected chi connectivity index (χ4v) is 6.29. The second kappa shape index (κ2) is 7.09. The smallest absolute Gasteiger partial charge is 0.255 e. The highest BCUT2D eigenvalue weighted by atomic mass is 16.2. The number of nitrogens with zero attached hydrogens (tertiary/aromatic N) is 1. The fraction of sp³-hybridized carbons (Fsp3) is 0.172. The van der Waals surface area contributed by atoms with E-state index in [4.69, 9.17) is 0 Å². The van der Waals surface area contributed by atoms with Gasteiger partial charge in [-0.1, -0.05) is 48.6 Å². The lowest BCUT2D eigenvalue weighted by atomic mass is 9.85. The van der Waals surface area contributed by atoms with Crippen LogP contribution in [0.4, 0.5) is 11.4 Å². The summed E-state index contributed by atoms with van der Waals surface area (Å²) in [4.78, 5) is 53.4. The van der Waals surface area contributed by atoms with E-state index < -0.39 is 0 Å². The number of carbonyl (C=O) groups excluding carboxylic acids is 4. The molecule has 0 spiro atoms. The molecule has 3 aromatic carbocycles. The van der Waals surface area contributed by atoms with Crippen molar-refractivity contribution in [1.29, 1.82) is 0 Å². The number of rotatable bonds is 3. The first kappa shape index (κ1) is 20.1. The van der Waals surface area contributed by atoms with E-state index in [-0.39, 0.29) is 47.2 Å². The summed E-state index contributed by atoms with van der Waals surface area (Å²) in [6.07, 6.45) is 5.02. The Morgan fingerprint density at radius 3 is 2.06 bits per heavy atom. The minimum absolute atomic E-state index is 0.109. The molecule has 6 heteroatoms. The normalized spacial score (nSPS) is 25.1. The van der Waals surface area contributed by atoms with Gasteiger partial charge in [0.05, 0.1) is 28.8 Å². The molecule has 0 radical (unpaired) electrons. The number of hydrogen-bond acceptors (Lipinski definition) is 4. The molecule has 2 bridgehead atoms. The van der Waals surface area contributed by atoms with E-state index in [0.717, 1.165) is 17.5 Å². The zero-order valence-corrected chi connectivity index (χ0v) is 18.6. The standard InChI is InChI=1S/C29H20N2O4/c32-26-21-5-2-1-4-19(21)20-6-3-7-22(25(20)26)30-27(33)15-10-12-18(13-11-15)31-28(34)23-16-8-9-17(14-16)24(23)29(31)35/h1-13,16-17,23-24H,14H2,(H,30,33)/t16-,17-,23-,24-/m0/s1. The molecule has 170 valence electrons. The van der Waals surface area contributed by atoms with Gasteiger partial charge in [-0.05, 0) is 59.7 Å². The minimum atomic E-state index is -0.369. The molecule has 7 rings (SSSR count). The van der Waals surface area contributed by atoms with Gasteiger partial charge in [-0.3, -0.25) is 24.1 Å². The molecule has 0 unspecified atom stereocenters. The number of fused-ring (bicyclic) bond motifs is 8. The first-order chi connectivity index (χ1) is 17.0. The number of anilines is 2. The predicted molar refractivity (Wildman–Crippen MR) is 130 cm³/mol. The first-order valence-electron chi connectivity index (χ1n) is 11.8. The van der Waals surface area contributed by atoms with E-state index in [9.17, 15) is 19.2 Å². The zero-order valence-electron chi connectivity index (χ0n) is 18.6. The molecule has 1 saturated heterocycles. The van der Waals surface area contributed by atoms with E-state index in [0.29, 0.717) is 28.1 Å². The van der Waals surface area contributed by atoms with E-state index in [1.807, 2.05) is 30.3 Å². The maximum Gasteiger partial charge on any atom is 0.255 e. The molecule has 2 fully saturated rings. The van der Waals surface area contributed by atoms with Gasteiger partial charge in [0.1, 0.15) is 0 Å². The highest BCUT2D eigenvalue weighted by molar-refractivity contribution is 6.26. The zero-order chi connectivity index (χ0) is 23.8. The molecular weight excluding hydrogens is 440 g/mol. The van der Waals surface area contributed by atoms with Crippen LogP contribution in [-0.4, -0.2) is 23.5 Å². The molecule has 1 heterocycles. The lowest BCUT2D eigenvalue weighted by molar-refractivity contribution is -0.123. The van der Waals surface area contributed by atoms with Crippen molar-refractivity contribution in [3.8, 4) is 11.1 Å². The molecule has 1 aliphatic heterocycles. The molecule has 35 heavy (non-hydrogen) atoms. The molecule has 1 saturated carbocycles. The van der Waals surface area contributed by atoms with Gasteiger partial charge in [-0.25, -0.2) is 0 Å². The van der Waals surface area contributed by atoms with Crippen molar-refractivity contribution in [2.45, 2.75) is 6.42 Å². The van der Waals surface area contributed by atoms with Crippen molar-refractivity contribution in [2.75, 3.05) is 10.2 Å². The summed E-state index contributed by atoms with van der Waals surface area (Å²) in [6, 6.07) is 19.3. The highest BCUT2D eigenvalue weighted by Crippen LogP contribution is 2.53. The SMILES string of the molecule is O=C(Nc1cccc2c1C(=O)c1ccccc1-2)c1ccc(N2C(=O)[C@@H]3[C@@H](C2=O)[C@H]2C=C[C@H]3C2)cc1. The van der Waals surface area contributed by atoms with Crippen LogP contribution in [0.15, 0.2) is 78.9 Å². The fourth-order valence-electron chi connectivity index (χ4n) is 6.29. The lowest BCUT2D eigenvalue weighted by Crippen LogP contribution is -2.32. The van der Waals surface area contributed by atoms with Gasteiger partial charge in [0.15, 0.2) is 5.78 Å². The summed E-state index contributed by atoms with van der Waals surface area (Å²) in [5, 5.41) is 2.87. The summed E-state index contributed by atoms with van der Waals surface area (Å²) >= 11 is 0. The van der Waals surface area contributed by atoms with Gasteiger partial charge >= 0.3 is 0 Å². The van der Waals surface area contributed by atoms with Gasteiger partial charge in [-0.15, -0.1) is 0 Å². The van der Waals surface area contributed by atoms with Crippen molar-refractivity contribution in [1.82, 2.24) is 0 Å². The van der Waals surface area contributed by atoms with Crippen molar-refractivity contribution >= 4 is 34.9 Å². The average molecular weight is 460 g/mol. The molecule has 4 aliphatic rings. The number of nitrogens with one attached hydrogen (secondary N) is 1. The topological polar surface area (TPSA) is 83.6 Å². The van der Waals surface area contributed by atoms with Crippen LogP contribution in [0.25, 0.3) is 11.1 Å². The number of benzene rings is 3. The maximum absolute atomic E-state index is 13.0. The first-order valence-corrected chi connectivity index (χ1v) is 11.8. The third kappa shape index (κ3) is 2.71. The molecule has 4 atom stereocenters. The summed E-state index contributed by atoms with van der Waals surface area (Å²) < 4.78 is 0. The van der Waals surface area contributed by atoms with Crippen molar-refractivity contribution in [3.05, 3.63) is 95.6 Å². The molecular formula is C29H20N2O4. The number of amides is 3. The van der Waals surface area contributed by atoms with E-state index >= 15 is 0 Å². The quantitative estimate of drug-likeness (QED) is 0.361. The Morgan fingerprint density at radius 1 is 0.743 bits per heavy atom. The van der Waals surface area contributed by atoms with Crippen molar-refractivity contribution < 1.29 is 19.2 Å². The Bertz CT molecular complexity index is 1470. The molecule has 3 amide bonds. The van der Waals surface area contributed by atoms with Crippen LogP contribution in [0.2, 0.25) is 0 Å². The molecule has 3 aliphatic carbocycles. The van der Waals surface area contributed by atoms with E-state index in [1.54, 1.807) is 36.4 Å². The Balaban J connectivity index is 1.14. The van der Waals surface area contributed by atoms with Crippen LogP contribution in [-0.2, 0) is 9.59 Å². The number of hydrogen-bond donors (Lipinski definition) is 1. The van der Waals surface area contributed by atoms with Crippen LogP contribution in [0.1, 0.15) is 32.7 Å². The van der Waals surface area contributed by atoms with Crippen LogP contribution < -0.4 is 10.2 Å². The van der Waals surface area contributed by atoms with Gasteiger partial charge in [-0.2, -0.15) is 0 Å². The van der Waals surface area contributed by atoms with E-state index in [1.165, 1.54) is 4.90 Å². The Hall–Kier alpha value is -4.32. The second-order valence-electron chi connectivity index (χ2n) is 9.62. The van der Waals surface area contributed by atoms with Gasteiger partial charge in [0, 0.05) is 11.1 Å². The van der Waals surface area contributed by atoms with E-state index in [2.05, 4.69) is 17.5 Å². The number of allylic oxidation sites excluding steroid dienone is 2. The van der Waals surface area contributed by atoms with Crippen molar-refractivity contribution in [3.63, 3.8) is 0 Å². The predicted octanol–water partition coefficient (Wildman–Crippen LogP) is 4.46. The van der Waals surface area contributed by atoms with Crippen LogP contribution in [0.3, 0.4) is 0 Å². The largest absolute Gasteiger partial charge is 0.321 e. The lowest BCUT2D eigenvalue weighted by Gasteiger charge is -2.17. The average Bonchev–Trinajstić information content (AvgIpc) is 3.62. The molecule has 3 aromatic rings. The molecule has 0 aromatic heterocycles. The Morgan fingerprint density at radius 2 is 1.37 bits per heavy atom. The van der Waals surface area contributed by atoms with Crippen LogP contribution in [0, 0.1) is 23.7 Å². The van der Waals surface area contributed by atoms with Gasteiger partial charge < -0.3 is 5.32 Å². The number of imide groups is 1. The molecule has 1 N–H and O–H groups in total. The monoisotopic (exact) mass is 460 g/mol. The number of ketones is 1. The maximum atomic E-state index is 13.0. The van der Waals surface area contributed by atoms with Crippen LogP contribution in [0.5, 0.6) is 0 Å². The van der Waals surface area contributed by atoms with Crippen LogP contribution >= 0.6 is 0 Å².